The van der Waals surface area contributed by atoms with Gasteiger partial charge in [0.05, 0.1) is 14.2 Å². The molecule has 1 amide bonds. The van der Waals surface area contributed by atoms with Crippen molar-refractivity contribution in [3.63, 3.8) is 0 Å². The normalized spacial score (nSPS) is 18.4. The highest BCUT2D eigenvalue weighted by atomic mass is 16.5. The number of hydrogen-bond acceptors (Lipinski definition) is 4. The number of rotatable bonds is 7. The molecule has 1 aliphatic heterocycles. The standard InChI is InChI=1S/C17H25NO4/c1-21-15-8-7-14(16(11-15)22-2)12-18-9-3-5-13(17(18)20)6-4-10-19/h7-8,11,13,19H,3-6,9-10,12H2,1-2H3/t13-/m1/s1. The monoisotopic (exact) mass is 307 g/mol. The number of benzene rings is 1. The van der Waals surface area contributed by atoms with Crippen LogP contribution in [0.1, 0.15) is 31.2 Å². The van der Waals surface area contributed by atoms with Gasteiger partial charge in [-0.2, -0.15) is 0 Å². The van der Waals surface area contributed by atoms with Crippen LogP contribution in [0.3, 0.4) is 0 Å². The van der Waals surface area contributed by atoms with Gasteiger partial charge in [-0.15, -0.1) is 0 Å². The summed E-state index contributed by atoms with van der Waals surface area (Å²) >= 11 is 0. The van der Waals surface area contributed by atoms with Gasteiger partial charge in [-0.25, -0.2) is 0 Å². The maximum Gasteiger partial charge on any atom is 0.225 e. The maximum atomic E-state index is 12.5. The first-order valence-electron chi connectivity index (χ1n) is 7.80. The van der Waals surface area contributed by atoms with E-state index in [4.69, 9.17) is 14.6 Å². The van der Waals surface area contributed by atoms with Crippen LogP contribution in [0.5, 0.6) is 11.5 Å². The number of nitrogens with zero attached hydrogens (tertiary/aromatic N) is 1. The first kappa shape index (κ1) is 16.6. The summed E-state index contributed by atoms with van der Waals surface area (Å²) in [6, 6.07) is 5.67. The number of carbonyl (C=O) groups excluding carboxylic acids is 1. The third-order valence-electron chi connectivity index (χ3n) is 4.21. The van der Waals surface area contributed by atoms with Gasteiger partial charge in [0.2, 0.25) is 5.91 Å². The van der Waals surface area contributed by atoms with Crippen LogP contribution in [0.25, 0.3) is 0 Å². The summed E-state index contributed by atoms with van der Waals surface area (Å²) in [4.78, 5) is 14.4. The Hall–Kier alpha value is -1.75. The minimum absolute atomic E-state index is 0.0464. The summed E-state index contributed by atoms with van der Waals surface area (Å²) < 4.78 is 10.6. The molecule has 0 saturated carbocycles. The Bertz CT molecular complexity index is 503. The van der Waals surface area contributed by atoms with Crippen LogP contribution in [-0.2, 0) is 11.3 Å². The van der Waals surface area contributed by atoms with Gasteiger partial charge >= 0.3 is 0 Å². The van der Waals surface area contributed by atoms with E-state index in [0.29, 0.717) is 13.0 Å². The molecule has 1 atom stereocenters. The van der Waals surface area contributed by atoms with Gasteiger partial charge < -0.3 is 19.5 Å². The Labute approximate surface area is 131 Å². The highest BCUT2D eigenvalue weighted by Gasteiger charge is 2.28. The van der Waals surface area contributed by atoms with Crippen LogP contribution < -0.4 is 9.47 Å². The van der Waals surface area contributed by atoms with Crippen molar-refractivity contribution in [2.45, 2.75) is 32.2 Å². The number of aliphatic hydroxyl groups is 1. The van der Waals surface area contributed by atoms with Gasteiger partial charge in [-0.3, -0.25) is 4.79 Å². The van der Waals surface area contributed by atoms with Crippen LogP contribution in [0.4, 0.5) is 0 Å². The average Bonchev–Trinajstić information content (AvgIpc) is 2.56. The number of likely N-dealkylation sites (tertiary alicyclic amines) is 1. The van der Waals surface area contributed by atoms with Gasteiger partial charge in [0.15, 0.2) is 0 Å². The largest absolute Gasteiger partial charge is 0.497 e. The van der Waals surface area contributed by atoms with E-state index in [9.17, 15) is 4.79 Å². The van der Waals surface area contributed by atoms with Gasteiger partial charge in [0.1, 0.15) is 11.5 Å². The lowest BCUT2D eigenvalue weighted by atomic mass is 9.92. The second-order valence-corrected chi connectivity index (χ2v) is 5.64. The molecule has 5 heteroatoms. The number of aliphatic hydroxyl groups excluding tert-OH is 1. The molecule has 1 aliphatic rings. The Balaban J connectivity index is 2.07. The fraction of sp³-hybridized carbons (Fsp3) is 0.588. The van der Waals surface area contributed by atoms with Gasteiger partial charge in [-0.1, -0.05) is 0 Å². The van der Waals surface area contributed by atoms with Gasteiger partial charge in [-0.05, 0) is 37.8 Å². The molecular weight excluding hydrogens is 282 g/mol. The highest BCUT2D eigenvalue weighted by Crippen LogP contribution is 2.29. The number of methoxy groups -OCH3 is 2. The SMILES string of the molecule is COc1ccc(CN2CCC[C@H](CCCO)C2=O)c(OC)c1. The summed E-state index contributed by atoms with van der Waals surface area (Å²) in [6.07, 6.45) is 3.40. The summed E-state index contributed by atoms with van der Waals surface area (Å²) in [5.41, 5.74) is 0.986. The first-order valence-corrected chi connectivity index (χ1v) is 7.80. The van der Waals surface area contributed by atoms with Crippen molar-refractivity contribution >= 4 is 5.91 Å². The molecule has 0 radical (unpaired) electrons. The molecule has 0 spiro atoms. The molecule has 1 fully saturated rings. The van der Waals surface area contributed by atoms with Crippen molar-refractivity contribution in [3.8, 4) is 11.5 Å². The molecule has 0 aliphatic carbocycles. The van der Waals surface area contributed by atoms with E-state index in [-0.39, 0.29) is 18.4 Å². The second-order valence-electron chi connectivity index (χ2n) is 5.64. The van der Waals surface area contributed by atoms with E-state index < -0.39 is 0 Å². The Kier molecular flexibility index (Phi) is 6.07. The van der Waals surface area contributed by atoms with E-state index in [1.165, 1.54) is 0 Å². The fourth-order valence-corrected chi connectivity index (χ4v) is 2.97. The molecule has 1 N–H and O–H groups in total. The zero-order valence-corrected chi connectivity index (χ0v) is 13.4. The molecule has 2 rings (SSSR count). The summed E-state index contributed by atoms with van der Waals surface area (Å²) in [5.74, 6) is 1.72. The first-order chi connectivity index (χ1) is 10.7. The predicted molar refractivity (Wildman–Crippen MR) is 84.0 cm³/mol. The summed E-state index contributed by atoms with van der Waals surface area (Å²) in [7, 11) is 3.24. The minimum Gasteiger partial charge on any atom is -0.497 e. The molecule has 1 heterocycles. The molecule has 0 aromatic heterocycles. The maximum absolute atomic E-state index is 12.5. The van der Waals surface area contributed by atoms with Crippen molar-refractivity contribution in [1.82, 2.24) is 4.90 Å². The molecule has 122 valence electrons. The van der Waals surface area contributed by atoms with E-state index in [2.05, 4.69) is 0 Å². The van der Waals surface area contributed by atoms with Crippen LogP contribution >= 0.6 is 0 Å². The zero-order valence-electron chi connectivity index (χ0n) is 13.4. The van der Waals surface area contributed by atoms with E-state index >= 15 is 0 Å². The van der Waals surface area contributed by atoms with Crippen LogP contribution in [0.2, 0.25) is 0 Å². The Morgan fingerprint density at radius 2 is 2.14 bits per heavy atom. The lowest BCUT2D eigenvalue weighted by Crippen LogP contribution is -2.40. The van der Waals surface area contributed by atoms with E-state index in [1.807, 2.05) is 23.1 Å². The van der Waals surface area contributed by atoms with Gasteiger partial charge in [0, 0.05) is 37.2 Å². The predicted octanol–water partition coefficient (Wildman–Crippen LogP) is 2.21. The van der Waals surface area contributed by atoms with Crippen LogP contribution in [0, 0.1) is 5.92 Å². The third kappa shape index (κ3) is 3.91. The lowest BCUT2D eigenvalue weighted by molar-refractivity contribution is -0.139. The van der Waals surface area contributed by atoms with Crippen molar-refractivity contribution < 1.29 is 19.4 Å². The van der Waals surface area contributed by atoms with E-state index in [0.717, 1.165) is 42.9 Å². The third-order valence-corrected chi connectivity index (χ3v) is 4.21. The van der Waals surface area contributed by atoms with Crippen molar-refractivity contribution in [2.24, 2.45) is 5.92 Å². The van der Waals surface area contributed by atoms with Crippen molar-refractivity contribution in [1.29, 1.82) is 0 Å². The molecule has 0 bridgehead atoms. The summed E-state index contributed by atoms with van der Waals surface area (Å²) in [5, 5.41) is 8.95. The molecule has 22 heavy (non-hydrogen) atoms. The van der Waals surface area contributed by atoms with E-state index in [1.54, 1.807) is 14.2 Å². The van der Waals surface area contributed by atoms with Gasteiger partial charge in [0.25, 0.3) is 0 Å². The Morgan fingerprint density at radius 1 is 1.32 bits per heavy atom. The minimum atomic E-state index is 0.0464. The summed E-state index contributed by atoms with van der Waals surface area (Å²) in [6.45, 7) is 1.49. The second kappa shape index (κ2) is 8.03. The average molecular weight is 307 g/mol. The number of ether oxygens (including phenoxy) is 2. The number of carbonyl (C=O) groups is 1. The van der Waals surface area contributed by atoms with Crippen molar-refractivity contribution in [3.05, 3.63) is 23.8 Å². The number of amides is 1. The highest BCUT2D eigenvalue weighted by molar-refractivity contribution is 5.79. The zero-order chi connectivity index (χ0) is 15.9. The number of hydrogen-bond donors (Lipinski definition) is 1. The Morgan fingerprint density at radius 3 is 2.82 bits per heavy atom. The molecule has 5 nitrogen and oxygen atoms in total. The van der Waals surface area contributed by atoms with Crippen LogP contribution in [0.15, 0.2) is 18.2 Å². The lowest BCUT2D eigenvalue weighted by Gasteiger charge is -2.32. The molecule has 1 aromatic rings. The molecule has 1 saturated heterocycles. The molecule has 0 unspecified atom stereocenters. The number of piperidine rings is 1. The molecule has 1 aromatic carbocycles. The quantitative estimate of drug-likeness (QED) is 0.839. The fourth-order valence-electron chi connectivity index (χ4n) is 2.97. The topological polar surface area (TPSA) is 59.0 Å². The molecular formula is C17H25NO4. The van der Waals surface area contributed by atoms with Crippen LogP contribution in [-0.4, -0.2) is 43.3 Å². The smallest absolute Gasteiger partial charge is 0.225 e. The van der Waals surface area contributed by atoms with Crippen molar-refractivity contribution in [2.75, 3.05) is 27.4 Å².